The predicted octanol–water partition coefficient (Wildman–Crippen LogP) is 0.0544. The van der Waals surface area contributed by atoms with E-state index >= 15 is 0 Å². The molecule has 12 heavy (non-hydrogen) atoms. The Morgan fingerprint density at radius 3 is 2.92 bits per heavy atom. The van der Waals surface area contributed by atoms with E-state index in [1.807, 2.05) is 0 Å². The van der Waals surface area contributed by atoms with Crippen LogP contribution in [0.15, 0.2) is 16.9 Å². The highest BCUT2D eigenvalue weighted by molar-refractivity contribution is 5.19. The molecule has 0 aliphatic carbocycles. The van der Waals surface area contributed by atoms with E-state index in [1.54, 1.807) is 19.1 Å². The van der Waals surface area contributed by atoms with Gasteiger partial charge in [0.1, 0.15) is 6.61 Å². The van der Waals surface area contributed by atoms with Crippen LogP contribution < -0.4 is 10.3 Å². The maximum atomic E-state index is 11.1. The molecular weight excluding hydrogens is 158 g/mol. The molecule has 66 valence electrons. The molecule has 4 heteroatoms. The van der Waals surface area contributed by atoms with Crippen molar-refractivity contribution in [2.75, 3.05) is 13.2 Å². The molecule has 2 N–H and O–H groups in total. The van der Waals surface area contributed by atoms with Crippen molar-refractivity contribution in [2.45, 2.75) is 6.92 Å². The summed E-state index contributed by atoms with van der Waals surface area (Å²) in [6, 6.07) is 3.33. The molecule has 0 saturated heterocycles. The number of hydrogen-bond donors (Lipinski definition) is 2. The average molecular weight is 169 g/mol. The van der Waals surface area contributed by atoms with Gasteiger partial charge in [0, 0.05) is 5.69 Å². The molecule has 1 aromatic rings. The largest absolute Gasteiger partial charge is 0.485 e. The minimum atomic E-state index is -0.261. The molecule has 0 aromatic carbocycles. The van der Waals surface area contributed by atoms with Gasteiger partial charge in [-0.05, 0) is 19.1 Å². The fourth-order valence-electron chi connectivity index (χ4n) is 0.828. The molecule has 0 radical (unpaired) electrons. The highest BCUT2D eigenvalue weighted by atomic mass is 16.5. The molecule has 0 spiro atoms. The summed E-state index contributed by atoms with van der Waals surface area (Å²) < 4.78 is 4.95. The molecule has 0 bridgehead atoms. The Balaban J connectivity index is 2.80. The molecule has 0 amide bonds. The van der Waals surface area contributed by atoms with E-state index in [4.69, 9.17) is 9.84 Å². The van der Waals surface area contributed by atoms with Crippen molar-refractivity contribution in [2.24, 2.45) is 0 Å². The topological polar surface area (TPSA) is 62.3 Å². The Morgan fingerprint density at radius 2 is 2.33 bits per heavy atom. The van der Waals surface area contributed by atoms with Crippen molar-refractivity contribution < 1.29 is 9.84 Å². The second-order valence-corrected chi connectivity index (χ2v) is 2.41. The van der Waals surface area contributed by atoms with Crippen LogP contribution in [0, 0.1) is 6.92 Å². The van der Waals surface area contributed by atoms with Crippen molar-refractivity contribution in [3.8, 4) is 5.75 Å². The SMILES string of the molecule is Cc1ccc(OCCO)c(=O)[nH]1. The summed E-state index contributed by atoms with van der Waals surface area (Å²) in [5.41, 5.74) is 0.528. The molecule has 0 fully saturated rings. The molecule has 1 heterocycles. The molecule has 0 saturated carbocycles. The first-order valence-electron chi connectivity index (χ1n) is 3.67. The van der Waals surface area contributed by atoms with E-state index in [0.29, 0.717) is 0 Å². The molecule has 0 unspecified atom stereocenters. The number of rotatable bonds is 3. The number of aromatic amines is 1. The fourth-order valence-corrected chi connectivity index (χ4v) is 0.828. The van der Waals surface area contributed by atoms with E-state index in [-0.39, 0.29) is 24.5 Å². The number of aryl methyl sites for hydroxylation is 1. The molecule has 1 rings (SSSR count). The lowest BCUT2D eigenvalue weighted by atomic mass is 10.4. The van der Waals surface area contributed by atoms with Gasteiger partial charge in [-0.2, -0.15) is 0 Å². The van der Waals surface area contributed by atoms with Gasteiger partial charge >= 0.3 is 0 Å². The first-order valence-corrected chi connectivity index (χ1v) is 3.67. The van der Waals surface area contributed by atoms with Gasteiger partial charge in [0.15, 0.2) is 5.75 Å². The third-order valence-corrected chi connectivity index (χ3v) is 1.37. The van der Waals surface area contributed by atoms with E-state index in [0.717, 1.165) is 5.69 Å². The zero-order chi connectivity index (χ0) is 8.97. The summed E-state index contributed by atoms with van der Waals surface area (Å²) in [5, 5.41) is 8.44. The molecular formula is C8H11NO3. The predicted molar refractivity (Wildman–Crippen MR) is 44.4 cm³/mol. The number of aliphatic hydroxyl groups is 1. The van der Waals surface area contributed by atoms with Gasteiger partial charge in [0.25, 0.3) is 5.56 Å². The Hall–Kier alpha value is -1.29. The molecule has 0 aliphatic heterocycles. The fraction of sp³-hybridized carbons (Fsp3) is 0.375. The lowest BCUT2D eigenvalue weighted by Crippen LogP contribution is -2.13. The minimum Gasteiger partial charge on any atom is -0.485 e. The zero-order valence-electron chi connectivity index (χ0n) is 6.83. The standard InChI is InChI=1S/C8H11NO3/c1-6-2-3-7(8(11)9-6)12-5-4-10/h2-3,10H,4-5H2,1H3,(H,9,11). The van der Waals surface area contributed by atoms with Crippen LogP contribution in [0.2, 0.25) is 0 Å². The first-order chi connectivity index (χ1) is 5.74. The Kier molecular flexibility index (Phi) is 2.88. The van der Waals surface area contributed by atoms with Crippen LogP contribution in [-0.4, -0.2) is 23.3 Å². The Labute approximate surface area is 69.8 Å². The van der Waals surface area contributed by atoms with Gasteiger partial charge in [-0.25, -0.2) is 0 Å². The zero-order valence-corrected chi connectivity index (χ0v) is 6.83. The van der Waals surface area contributed by atoms with Gasteiger partial charge in [-0.1, -0.05) is 0 Å². The number of hydrogen-bond acceptors (Lipinski definition) is 3. The Bertz CT molecular complexity index is 305. The van der Waals surface area contributed by atoms with E-state index in [9.17, 15) is 4.79 Å². The number of aromatic nitrogens is 1. The van der Waals surface area contributed by atoms with Gasteiger partial charge in [0.2, 0.25) is 0 Å². The van der Waals surface area contributed by atoms with Crippen LogP contribution in [0.25, 0.3) is 0 Å². The third kappa shape index (κ3) is 2.10. The molecule has 0 atom stereocenters. The van der Waals surface area contributed by atoms with Crippen molar-refractivity contribution in [3.63, 3.8) is 0 Å². The average Bonchev–Trinajstić information content (AvgIpc) is 2.03. The minimum absolute atomic E-state index is 0.0900. The van der Waals surface area contributed by atoms with Gasteiger partial charge in [-0.3, -0.25) is 4.79 Å². The van der Waals surface area contributed by atoms with Crippen molar-refractivity contribution in [3.05, 3.63) is 28.2 Å². The summed E-state index contributed by atoms with van der Waals surface area (Å²) >= 11 is 0. The number of H-pyrrole nitrogens is 1. The number of ether oxygens (including phenoxy) is 1. The lowest BCUT2D eigenvalue weighted by Gasteiger charge is -2.02. The first kappa shape index (κ1) is 8.80. The van der Waals surface area contributed by atoms with Crippen LogP contribution in [0.4, 0.5) is 0 Å². The second-order valence-electron chi connectivity index (χ2n) is 2.41. The number of aliphatic hydroxyl groups excluding tert-OH is 1. The van der Waals surface area contributed by atoms with Crippen LogP contribution in [0.1, 0.15) is 5.69 Å². The van der Waals surface area contributed by atoms with Crippen molar-refractivity contribution in [1.29, 1.82) is 0 Å². The summed E-state index contributed by atoms with van der Waals surface area (Å²) in [4.78, 5) is 13.7. The van der Waals surface area contributed by atoms with Crippen LogP contribution >= 0.6 is 0 Å². The number of pyridine rings is 1. The monoisotopic (exact) mass is 169 g/mol. The molecule has 1 aromatic heterocycles. The highest BCUT2D eigenvalue weighted by Gasteiger charge is 1.98. The van der Waals surface area contributed by atoms with E-state index in [2.05, 4.69) is 4.98 Å². The van der Waals surface area contributed by atoms with E-state index < -0.39 is 0 Å². The summed E-state index contributed by atoms with van der Waals surface area (Å²) in [6.07, 6.45) is 0. The normalized spacial score (nSPS) is 9.83. The molecule has 4 nitrogen and oxygen atoms in total. The smallest absolute Gasteiger partial charge is 0.290 e. The summed E-state index contributed by atoms with van der Waals surface area (Å²) in [7, 11) is 0. The lowest BCUT2D eigenvalue weighted by molar-refractivity contribution is 0.199. The van der Waals surface area contributed by atoms with Crippen LogP contribution in [0.5, 0.6) is 5.75 Å². The maximum Gasteiger partial charge on any atom is 0.290 e. The quantitative estimate of drug-likeness (QED) is 0.672. The van der Waals surface area contributed by atoms with E-state index in [1.165, 1.54) is 0 Å². The van der Waals surface area contributed by atoms with Gasteiger partial charge in [-0.15, -0.1) is 0 Å². The van der Waals surface area contributed by atoms with Crippen molar-refractivity contribution >= 4 is 0 Å². The summed E-state index contributed by atoms with van der Waals surface area (Å²) in [5.74, 6) is 0.245. The Morgan fingerprint density at radius 1 is 1.58 bits per heavy atom. The van der Waals surface area contributed by atoms with Crippen LogP contribution in [0.3, 0.4) is 0 Å². The van der Waals surface area contributed by atoms with Gasteiger partial charge in [0.05, 0.1) is 6.61 Å². The van der Waals surface area contributed by atoms with Crippen LogP contribution in [-0.2, 0) is 0 Å². The molecule has 0 aliphatic rings. The number of nitrogens with one attached hydrogen (secondary N) is 1. The maximum absolute atomic E-state index is 11.1. The van der Waals surface area contributed by atoms with Gasteiger partial charge < -0.3 is 14.8 Å². The third-order valence-electron chi connectivity index (χ3n) is 1.37. The summed E-state index contributed by atoms with van der Waals surface area (Å²) in [6.45, 7) is 1.84. The highest BCUT2D eigenvalue weighted by Crippen LogP contribution is 2.01. The van der Waals surface area contributed by atoms with Crippen molar-refractivity contribution in [1.82, 2.24) is 4.98 Å². The second kappa shape index (κ2) is 3.92.